The molecule has 0 spiro atoms. The number of hydrogen-bond donors (Lipinski definition) is 1. The zero-order valence-corrected chi connectivity index (χ0v) is 20.6. The van der Waals surface area contributed by atoms with Crippen LogP contribution in [0.2, 0.25) is 0 Å². The second kappa shape index (κ2) is 9.38. The summed E-state index contributed by atoms with van der Waals surface area (Å²) in [4.78, 5) is 38.7. The maximum atomic E-state index is 13.2. The summed E-state index contributed by atoms with van der Waals surface area (Å²) < 4.78 is 4.95. The number of β-lactam (4-membered cyclic amide) rings is 1. The summed E-state index contributed by atoms with van der Waals surface area (Å²) in [6, 6.07) is 9.28. The molecule has 3 N–H and O–H groups in total. The second-order valence-corrected chi connectivity index (χ2v) is 9.39. The van der Waals surface area contributed by atoms with Gasteiger partial charge in [0.05, 0.1) is 24.2 Å². The standard InChI is InChI=1S/C21H22N2O5S.Na.H2O/c1-4-28-13-10-9-11-7-5-6-8-12(11)14(13)17(24)22-15-18(25)23-16(20(26)27)21(2,3)29-19(15)23;;/h5-10,15-16,19H,4H2,1-3H3,(H,22,24)(H,26,27);;1H2/q;+1;/p-1/t15-,16+,19?;;/m1../s1. The summed E-state index contributed by atoms with van der Waals surface area (Å²) in [6.07, 6.45) is 0. The fraction of sp³-hybridized carbons (Fsp3) is 0.381. The Morgan fingerprint density at radius 2 is 1.90 bits per heavy atom. The van der Waals surface area contributed by atoms with E-state index < -0.39 is 40.0 Å². The van der Waals surface area contributed by atoms with Crippen molar-refractivity contribution in [2.45, 2.75) is 43.0 Å². The zero-order chi connectivity index (χ0) is 20.9. The Balaban J connectivity index is 0.00000171. The molecule has 2 amide bonds. The van der Waals surface area contributed by atoms with Crippen LogP contribution in [0.5, 0.6) is 5.75 Å². The number of amides is 2. The summed E-state index contributed by atoms with van der Waals surface area (Å²) in [5.74, 6) is -1.66. The van der Waals surface area contributed by atoms with Gasteiger partial charge in [0.2, 0.25) is 5.91 Å². The van der Waals surface area contributed by atoms with Gasteiger partial charge in [-0.15, -0.1) is 11.8 Å². The van der Waals surface area contributed by atoms with Crippen LogP contribution in [0.1, 0.15) is 31.1 Å². The van der Waals surface area contributed by atoms with Crippen LogP contribution in [0.15, 0.2) is 36.4 Å². The maximum Gasteiger partial charge on any atom is 1.00 e. The molecule has 2 aromatic carbocycles. The molecule has 0 aromatic heterocycles. The smallest absolute Gasteiger partial charge is 0.548 e. The molecule has 0 radical (unpaired) electrons. The van der Waals surface area contributed by atoms with Gasteiger partial charge in [0, 0.05) is 4.75 Å². The van der Waals surface area contributed by atoms with E-state index >= 15 is 0 Å². The molecule has 1 unspecified atom stereocenters. The van der Waals surface area contributed by atoms with E-state index in [2.05, 4.69) is 5.32 Å². The molecule has 0 bridgehead atoms. The van der Waals surface area contributed by atoms with E-state index in [9.17, 15) is 19.5 Å². The molecule has 8 nitrogen and oxygen atoms in total. The number of thioether (sulfide) groups is 1. The number of nitrogens with one attached hydrogen (secondary N) is 1. The van der Waals surface area contributed by atoms with E-state index in [1.807, 2.05) is 37.3 Å². The van der Waals surface area contributed by atoms with E-state index in [0.717, 1.165) is 10.8 Å². The SMILES string of the molecule is CCOc1ccc2ccccc2c1C(=O)N[C@@H]1C(=O)N2C1SC(C)(C)[C@@H]2C(=O)[O-].O.[Na+]. The summed E-state index contributed by atoms with van der Waals surface area (Å²) in [7, 11) is 0. The van der Waals surface area contributed by atoms with Gasteiger partial charge < -0.3 is 30.3 Å². The van der Waals surface area contributed by atoms with Gasteiger partial charge in [-0.2, -0.15) is 0 Å². The van der Waals surface area contributed by atoms with Crippen molar-refractivity contribution >= 4 is 40.3 Å². The number of ether oxygens (including phenoxy) is 1. The van der Waals surface area contributed by atoms with Gasteiger partial charge in [-0.1, -0.05) is 30.3 Å². The fourth-order valence-electron chi connectivity index (χ4n) is 4.10. The van der Waals surface area contributed by atoms with E-state index in [-0.39, 0.29) is 35.0 Å². The number of aliphatic carboxylic acids is 1. The monoisotopic (exact) mass is 454 g/mol. The first kappa shape index (κ1) is 25.5. The largest absolute Gasteiger partial charge is 1.00 e. The molecule has 31 heavy (non-hydrogen) atoms. The number of carbonyl (C=O) groups excluding carboxylic acids is 3. The molecule has 2 saturated heterocycles. The molecular weight excluding hydrogens is 431 g/mol. The fourth-order valence-corrected chi connectivity index (χ4v) is 5.72. The number of hydrogen-bond acceptors (Lipinski definition) is 6. The Kier molecular flexibility index (Phi) is 7.71. The minimum Gasteiger partial charge on any atom is -0.548 e. The molecule has 2 aromatic rings. The molecule has 0 aliphatic carbocycles. The molecule has 0 saturated carbocycles. The molecule has 2 heterocycles. The average molecular weight is 454 g/mol. The summed E-state index contributed by atoms with van der Waals surface area (Å²) >= 11 is 1.36. The molecule has 2 fully saturated rings. The van der Waals surface area contributed by atoms with Crippen molar-refractivity contribution in [2.75, 3.05) is 6.61 Å². The van der Waals surface area contributed by atoms with Gasteiger partial charge in [0.1, 0.15) is 17.2 Å². The van der Waals surface area contributed by atoms with Crippen molar-refractivity contribution in [1.29, 1.82) is 0 Å². The molecule has 2 aliphatic rings. The van der Waals surface area contributed by atoms with Crippen molar-refractivity contribution in [3.8, 4) is 5.75 Å². The molecular formula is C21H23N2NaO6S. The van der Waals surface area contributed by atoms with Crippen LogP contribution >= 0.6 is 11.8 Å². The summed E-state index contributed by atoms with van der Waals surface area (Å²) in [6.45, 7) is 5.76. The summed E-state index contributed by atoms with van der Waals surface area (Å²) in [5.41, 5.74) is 0.370. The van der Waals surface area contributed by atoms with Crippen LogP contribution in [0.4, 0.5) is 0 Å². The third-order valence-corrected chi connectivity index (χ3v) is 6.94. The number of rotatable bonds is 5. The summed E-state index contributed by atoms with van der Waals surface area (Å²) in [5, 5.41) is 15.5. The number of carboxylic acid groups (broad SMARTS) is 1. The van der Waals surface area contributed by atoms with Crippen LogP contribution in [0, 0.1) is 0 Å². The van der Waals surface area contributed by atoms with E-state index in [1.54, 1.807) is 19.9 Å². The van der Waals surface area contributed by atoms with E-state index in [1.165, 1.54) is 16.7 Å². The van der Waals surface area contributed by atoms with Gasteiger partial charge in [0.15, 0.2) is 0 Å². The van der Waals surface area contributed by atoms with Gasteiger partial charge in [-0.05, 0) is 37.6 Å². The molecule has 4 rings (SSSR count). The molecule has 2 aliphatic heterocycles. The molecule has 160 valence electrons. The van der Waals surface area contributed by atoms with Gasteiger partial charge in [0.25, 0.3) is 5.91 Å². The van der Waals surface area contributed by atoms with Crippen molar-refractivity contribution in [3.05, 3.63) is 42.0 Å². The van der Waals surface area contributed by atoms with Crippen molar-refractivity contribution < 1.29 is 59.3 Å². The van der Waals surface area contributed by atoms with Gasteiger partial charge in [-0.25, -0.2) is 0 Å². The Hall–Kier alpha value is -1.78. The number of carboxylic acids is 1. The first-order valence-electron chi connectivity index (χ1n) is 9.42. The first-order chi connectivity index (χ1) is 13.8. The van der Waals surface area contributed by atoms with Crippen molar-refractivity contribution in [2.24, 2.45) is 0 Å². The second-order valence-electron chi connectivity index (χ2n) is 7.62. The predicted octanol–water partition coefficient (Wildman–Crippen LogP) is -2.67. The predicted molar refractivity (Wildman–Crippen MR) is 111 cm³/mol. The number of carbonyl (C=O) groups is 3. The van der Waals surface area contributed by atoms with Crippen LogP contribution < -0.4 is 44.7 Å². The van der Waals surface area contributed by atoms with E-state index in [0.29, 0.717) is 17.9 Å². The first-order valence-corrected chi connectivity index (χ1v) is 10.3. The Morgan fingerprint density at radius 1 is 1.23 bits per heavy atom. The Labute approximate surface area is 206 Å². The quantitative estimate of drug-likeness (QED) is 0.387. The number of fused-ring (bicyclic) bond motifs is 2. The average Bonchev–Trinajstić information content (AvgIpc) is 2.94. The normalized spacial score (nSPS) is 23.1. The maximum absolute atomic E-state index is 13.2. The third-order valence-electron chi connectivity index (χ3n) is 5.37. The van der Waals surface area contributed by atoms with Gasteiger partial charge >= 0.3 is 29.6 Å². The number of benzene rings is 2. The minimum atomic E-state index is -1.28. The minimum absolute atomic E-state index is 0. The Bertz CT molecular complexity index is 1030. The van der Waals surface area contributed by atoms with Crippen LogP contribution in [-0.4, -0.2) is 57.0 Å². The van der Waals surface area contributed by atoms with Crippen LogP contribution in [0.3, 0.4) is 0 Å². The molecule has 10 heteroatoms. The molecule has 3 atom stereocenters. The van der Waals surface area contributed by atoms with Crippen molar-refractivity contribution in [1.82, 2.24) is 10.2 Å². The topological polar surface area (TPSA) is 130 Å². The van der Waals surface area contributed by atoms with Gasteiger partial charge in [-0.3, -0.25) is 9.59 Å². The van der Waals surface area contributed by atoms with Crippen LogP contribution in [0.25, 0.3) is 10.8 Å². The number of nitrogens with zero attached hydrogens (tertiary/aromatic N) is 1. The van der Waals surface area contributed by atoms with Crippen LogP contribution in [-0.2, 0) is 9.59 Å². The zero-order valence-electron chi connectivity index (χ0n) is 17.8. The third kappa shape index (κ3) is 4.17. The Morgan fingerprint density at radius 3 is 2.55 bits per heavy atom. The van der Waals surface area contributed by atoms with Crippen molar-refractivity contribution in [3.63, 3.8) is 0 Å². The van der Waals surface area contributed by atoms with E-state index in [4.69, 9.17) is 4.74 Å².